The summed E-state index contributed by atoms with van der Waals surface area (Å²) in [6.45, 7) is 5.77. The molecule has 0 radical (unpaired) electrons. The van der Waals surface area contributed by atoms with Gasteiger partial charge in [-0.05, 0) is 67.8 Å². The van der Waals surface area contributed by atoms with E-state index in [1.807, 2.05) is 87.5 Å². The van der Waals surface area contributed by atoms with Gasteiger partial charge in [0.15, 0.2) is 0 Å². The van der Waals surface area contributed by atoms with Gasteiger partial charge in [-0.2, -0.15) is 5.26 Å². The largest absolute Gasteiger partial charge is 0.457 e. The minimum Gasteiger partial charge on any atom is -0.457 e. The van der Waals surface area contributed by atoms with Crippen LogP contribution in [0.3, 0.4) is 0 Å². The molecule has 30 heavy (non-hydrogen) atoms. The van der Waals surface area contributed by atoms with Crippen molar-refractivity contribution in [1.82, 2.24) is 0 Å². The predicted octanol–water partition coefficient (Wildman–Crippen LogP) is 6.75. The van der Waals surface area contributed by atoms with Crippen molar-refractivity contribution in [3.8, 4) is 34.4 Å². The third kappa shape index (κ3) is 5.00. The SMILES string of the molecule is Cc1c(C(C)(C)Cl)ccc(OC(=O)CC#N)c1-c1cccc(Oc2ccccc2)c1. The zero-order valence-electron chi connectivity index (χ0n) is 17.1. The number of hydrogen-bond acceptors (Lipinski definition) is 4. The second kappa shape index (κ2) is 9.02. The first-order valence-corrected chi connectivity index (χ1v) is 9.91. The van der Waals surface area contributed by atoms with Crippen LogP contribution in [0.4, 0.5) is 0 Å². The maximum atomic E-state index is 12.0. The fraction of sp³-hybridized carbons (Fsp3) is 0.200. The minimum atomic E-state index is -0.605. The summed E-state index contributed by atoms with van der Waals surface area (Å²) in [4.78, 5) is 11.4. The summed E-state index contributed by atoms with van der Waals surface area (Å²) in [5.41, 5.74) is 3.39. The van der Waals surface area contributed by atoms with Crippen molar-refractivity contribution in [3.63, 3.8) is 0 Å². The van der Waals surface area contributed by atoms with Gasteiger partial charge in [0.1, 0.15) is 23.7 Å². The van der Waals surface area contributed by atoms with E-state index in [1.54, 1.807) is 6.07 Å². The van der Waals surface area contributed by atoms with Crippen molar-refractivity contribution in [3.05, 3.63) is 77.9 Å². The molecular weight excluding hydrogens is 398 g/mol. The maximum Gasteiger partial charge on any atom is 0.325 e. The van der Waals surface area contributed by atoms with Gasteiger partial charge in [-0.3, -0.25) is 4.79 Å². The van der Waals surface area contributed by atoms with Crippen LogP contribution in [0.1, 0.15) is 31.4 Å². The lowest BCUT2D eigenvalue weighted by Gasteiger charge is -2.23. The quantitative estimate of drug-likeness (QED) is 0.252. The number of carbonyl (C=O) groups is 1. The number of esters is 1. The molecule has 0 aliphatic heterocycles. The van der Waals surface area contributed by atoms with E-state index in [0.29, 0.717) is 11.5 Å². The van der Waals surface area contributed by atoms with E-state index < -0.39 is 10.8 Å². The Balaban J connectivity index is 2.09. The van der Waals surface area contributed by atoms with Crippen LogP contribution in [0, 0.1) is 18.3 Å². The lowest BCUT2D eigenvalue weighted by Crippen LogP contribution is -2.13. The van der Waals surface area contributed by atoms with Gasteiger partial charge < -0.3 is 9.47 Å². The topological polar surface area (TPSA) is 59.3 Å². The molecule has 0 spiro atoms. The first-order valence-electron chi connectivity index (χ1n) is 9.53. The Bertz CT molecular complexity index is 1100. The Morgan fingerprint density at radius 2 is 1.73 bits per heavy atom. The normalized spacial score (nSPS) is 10.9. The molecule has 0 atom stereocenters. The van der Waals surface area contributed by atoms with Crippen molar-refractivity contribution in [2.24, 2.45) is 0 Å². The van der Waals surface area contributed by atoms with Crippen LogP contribution in [0.2, 0.25) is 0 Å². The highest BCUT2D eigenvalue weighted by molar-refractivity contribution is 6.23. The number of nitriles is 1. The first kappa shape index (κ1) is 21.4. The van der Waals surface area contributed by atoms with E-state index in [-0.39, 0.29) is 6.42 Å². The third-order valence-electron chi connectivity index (χ3n) is 4.62. The van der Waals surface area contributed by atoms with E-state index in [1.165, 1.54) is 0 Å². The summed E-state index contributed by atoms with van der Waals surface area (Å²) < 4.78 is 11.5. The molecule has 152 valence electrons. The van der Waals surface area contributed by atoms with Crippen LogP contribution in [0.5, 0.6) is 17.2 Å². The van der Waals surface area contributed by atoms with E-state index in [4.69, 9.17) is 26.3 Å². The summed E-state index contributed by atoms with van der Waals surface area (Å²) in [5, 5.41) is 8.80. The number of ether oxygens (including phenoxy) is 2. The molecule has 0 aliphatic carbocycles. The zero-order chi connectivity index (χ0) is 21.7. The summed E-state index contributed by atoms with van der Waals surface area (Å²) in [6, 6.07) is 22.4. The molecule has 3 rings (SSSR count). The summed E-state index contributed by atoms with van der Waals surface area (Å²) in [6.07, 6.45) is -0.321. The van der Waals surface area contributed by atoms with Crippen molar-refractivity contribution >= 4 is 17.6 Å². The van der Waals surface area contributed by atoms with Crippen LogP contribution in [0.25, 0.3) is 11.1 Å². The summed E-state index contributed by atoms with van der Waals surface area (Å²) in [7, 11) is 0. The predicted molar refractivity (Wildman–Crippen MR) is 118 cm³/mol. The van der Waals surface area contributed by atoms with E-state index in [0.717, 1.165) is 28.0 Å². The van der Waals surface area contributed by atoms with Gasteiger partial charge >= 0.3 is 5.97 Å². The third-order valence-corrected chi connectivity index (χ3v) is 4.82. The Kier molecular flexibility index (Phi) is 6.44. The highest BCUT2D eigenvalue weighted by atomic mass is 35.5. The molecule has 0 bridgehead atoms. The zero-order valence-corrected chi connectivity index (χ0v) is 17.9. The van der Waals surface area contributed by atoms with E-state index in [9.17, 15) is 4.79 Å². The van der Waals surface area contributed by atoms with Crippen molar-refractivity contribution in [2.75, 3.05) is 0 Å². The van der Waals surface area contributed by atoms with Gasteiger partial charge in [-0.1, -0.05) is 36.4 Å². The van der Waals surface area contributed by atoms with Gasteiger partial charge in [0, 0.05) is 5.56 Å². The van der Waals surface area contributed by atoms with Crippen LogP contribution in [-0.2, 0) is 9.67 Å². The average Bonchev–Trinajstić information content (AvgIpc) is 2.68. The summed E-state index contributed by atoms with van der Waals surface area (Å²) >= 11 is 6.59. The molecule has 0 unspecified atom stereocenters. The number of rotatable bonds is 6. The van der Waals surface area contributed by atoms with E-state index >= 15 is 0 Å². The number of para-hydroxylation sites is 1. The van der Waals surface area contributed by atoms with Gasteiger partial charge in [-0.25, -0.2) is 0 Å². The molecule has 0 heterocycles. The number of nitrogens with zero attached hydrogens (tertiary/aromatic N) is 1. The Labute approximate surface area is 181 Å². The van der Waals surface area contributed by atoms with E-state index in [2.05, 4.69) is 0 Å². The Morgan fingerprint density at radius 1 is 1.03 bits per heavy atom. The molecule has 0 fully saturated rings. The number of hydrogen-bond donors (Lipinski definition) is 0. The number of alkyl halides is 1. The molecule has 0 amide bonds. The van der Waals surface area contributed by atoms with Crippen molar-refractivity contribution in [2.45, 2.75) is 32.1 Å². The van der Waals surface area contributed by atoms with Crippen LogP contribution >= 0.6 is 11.6 Å². The number of carbonyl (C=O) groups excluding carboxylic acids is 1. The monoisotopic (exact) mass is 419 g/mol. The van der Waals surface area contributed by atoms with Crippen LogP contribution < -0.4 is 9.47 Å². The number of benzene rings is 3. The molecule has 4 nitrogen and oxygen atoms in total. The molecule has 0 saturated carbocycles. The average molecular weight is 420 g/mol. The van der Waals surface area contributed by atoms with Gasteiger partial charge in [0.25, 0.3) is 0 Å². The van der Waals surface area contributed by atoms with Gasteiger partial charge in [0.2, 0.25) is 0 Å². The van der Waals surface area contributed by atoms with Crippen molar-refractivity contribution < 1.29 is 14.3 Å². The summed E-state index contributed by atoms with van der Waals surface area (Å²) in [5.74, 6) is 1.16. The van der Waals surface area contributed by atoms with Crippen LogP contribution in [-0.4, -0.2) is 5.97 Å². The molecule has 0 saturated heterocycles. The standard InChI is InChI=1S/C25H22ClNO3/c1-17-21(25(2,3)26)12-13-22(30-23(28)14-15-27)24(17)18-8-7-11-20(16-18)29-19-9-5-4-6-10-19/h4-13,16H,14H2,1-3H3. The Morgan fingerprint density at radius 3 is 2.40 bits per heavy atom. The first-order chi connectivity index (χ1) is 14.3. The lowest BCUT2D eigenvalue weighted by molar-refractivity contribution is -0.133. The Hall–Kier alpha value is -3.29. The van der Waals surface area contributed by atoms with Gasteiger partial charge in [-0.15, -0.1) is 11.6 Å². The maximum absolute atomic E-state index is 12.0. The molecule has 0 aliphatic rings. The minimum absolute atomic E-state index is 0.321. The fourth-order valence-electron chi connectivity index (χ4n) is 3.34. The molecule has 3 aromatic carbocycles. The number of halogens is 1. The highest BCUT2D eigenvalue weighted by Crippen LogP contribution is 2.41. The van der Waals surface area contributed by atoms with Crippen molar-refractivity contribution in [1.29, 1.82) is 5.26 Å². The van der Waals surface area contributed by atoms with Crippen LogP contribution in [0.15, 0.2) is 66.7 Å². The smallest absolute Gasteiger partial charge is 0.325 e. The highest BCUT2D eigenvalue weighted by Gasteiger charge is 2.24. The molecule has 0 N–H and O–H groups in total. The molecular formula is C25H22ClNO3. The fourth-order valence-corrected chi connectivity index (χ4v) is 3.54. The lowest BCUT2D eigenvalue weighted by atomic mass is 9.90. The van der Waals surface area contributed by atoms with Gasteiger partial charge in [0.05, 0.1) is 10.9 Å². The molecule has 5 heteroatoms. The second-order valence-electron chi connectivity index (χ2n) is 7.34. The second-order valence-corrected chi connectivity index (χ2v) is 8.28. The molecule has 3 aromatic rings. The molecule has 0 aromatic heterocycles.